The number of ether oxygens (including phenoxy) is 1. The van der Waals surface area contributed by atoms with E-state index in [0.29, 0.717) is 0 Å². The number of halogens is 4. The fourth-order valence-corrected chi connectivity index (χ4v) is 2.36. The smallest absolute Gasteiger partial charge is 0.132 e. The van der Waals surface area contributed by atoms with Gasteiger partial charge in [0.25, 0.3) is 0 Å². The zero-order chi connectivity index (χ0) is 14.9. The molecule has 2 nitrogen and oxygen atoms in total. The third-order valence-corrected chi connectivity index (χ3v) is 3.34. The van der Waals surface area contributed by atoms with Crippen molar-refractivity contribution in [2.75, 3.05) is 7.11 Å². The van der Waals surface area contributed by atoms with Gasteiger partial charge in [-0.3, -0.25) is 0 Å². The average Bonchev–Trinajstić information content (AvgIpc) is 2.37. The van der Waals surface area contributed by atoms with Crippen molar-refractivity contribution in [2.24, 2.45) is 5.73 Å². The Labute approximate surface area is 122 Å². The summed E-state index contributed by atoms with van der Waals surface area (Å²) in [5, 5.41) is 0. The van der Waals surface area contributed by atoms with Gasteiger partial charge in [0.15, 0.2) is 0 Å². The molecule has 6 heteroatoms. The molecule has 2 aromatic carbocycles. The van der Waals surface area contributed by atoms with E-state index in [1.807, 2.05) is 0 Å². The summed E-state index contributed by atoms with van der Waals surface area (Å²) in [4.78, 5) is 0. The van der Waals surface area contributed by atoms with Crippen LogP contribution in [-0.2, 0) is 0 Å². The zero-order valence-corrected chi connectivity index (χ0v) is 12.0. The Bertz CT molecular complexity index is 625. The van der Waals surface area contributed by atoms with Crippen molar-refractivity contribution in [3.63, 3.8) is 0 Å². The molecule has 1 unspecified atom stereocenters. The maximum Gasteiger partial charge on any atom is 0.132 e. The van der Waals surface area contributed by atoms with Crippen LogP contribution in [0.4, 0.5) is 13.2 Å². The van der Waals surface area contributed by atoms with Crippen molar-refractivity contribution >= 4 is 15.9 Å². The maximum atomic E-state index is 13.9. The molecule has 0 fully saturated rings. The van der Waals surface area contributed by atoms with Crippen LogP contribution in [0.1, 0.15) is 17.2 Å². The van der Waals surface area contributed by atoms with Crippen LogP contribution in [-0.4, -0.2) is 7.11 Å². The van der Waals surface area contributed by atoms with Gasteiger partial charge >= 0.3 is 0 Å². The molecule has 0 aromatic heterocycles. The molecule has 2 rings (SSSR count). The maximum absolute atomic E-state index is 13.9. The van der Waals surface area contributed by atoms with E-state index in [-0.39, 0.29) is 21.3 Å². The van der Waals surface area contributed by atoms with E-state index in [1.54, 1.807) is 0 Å². The molecule has 0 bridgehead atoms. The Hall–Kier alpha value is -1.53. The Morgan fingerprint density at radius 2 is 1.70 bits per heavy atom. The fourth-order valence-electron chi connectivity index (χ4n) is 1.95. The summed E-state index contributed by atoms with van der Waals surface area (Å²) in [5.74, 6) is -1.92. The van der Waals surface area contributed by atoms with E-state index in [4.69, 9.17) is 10.5 Å². The molecule has 0 aliphatic carbocycles. The molecule has 0 amide bonds. The number of methoxy groups -OCH3 is 1. The average molecular weight is 346 g/mol. The third-order valence-electron chi connectivity index (χ3n) is 2.88. The first kappa shape index (κ1) is 14.9. The normalized spacial score (nSPS) is 12.3. The molecule has 0 aliphatic rings. The molecular formula is C14H11BrF3NO. The van der Waals surface area contributed by atoms with Crippen LogP contribution < -0.4 is 10.5 Å². The molecule has 106 valence electrons. The van der Waals surface area contributed by atoms with Crippen molar-refractivity contribution < 1.29 is 17.9 Å². The van der Waals surface area contributed by atoms with Gasteiger partial charge in [-0.1, -0.05) is 15.9 Å². The number of hydrogen-bond donors (Lipinski definition) is 1. The van der Waals surface area contributed by atoms with Gasteiger partial charge in [-0.2, -0.15) is 0 Å². The molecule has 0 radical (unpaired) electrons. The minimum Gasteiger partial charge on any atom is -0.496 e. The van der Waals surface area contributed by atoms with Gasteiger partial charge < -0.3 is 10.5 Å². The van der Waals surface area contributed by atoms with Crippen LogP contribution in [0.15, 0.2) is 34.8 Å². The second-order valence-corrected chi connectivity index (χ2v) is 5.06. The van der Waals surface area contributed by atoms with Gasteiger partial charge in [-0.15, -0.1) is 0 Å². The molecule has 0 aliphatic heterocycles. The van der Waals surface area contributed by atoms with Crippen molar-refractivity contribution in [1.29, 1.82) is 0 Å². The van der Waals surface area contributed by atoms with Crippen LogP contribution in [0.3, 0.4) is 0 Å². The lowest BCUT2D eigenvalue weighted by Crippen LogP contribution is -2.17. The SMILES string of the molecule is COc1ccc(F)cc1C(N)c1c(F)cc(Br)cc1F. The van der Waals surface area contributed by atoms with Gasteiger partial charge in [0.1, 0.15) is 23.2 Å². The van der Waals surface area contributed by atoms with E-state index in [9.17, 15) is 13.2 Å². The summed E-state index contributed by atoms with van der Waals surface area (Å²) in [6, 6.07) is 4.68. The summed E-state index contributed by atoms with van der Waals surface area (Å²) >= 11 is 2.99. The standard InChI is InChI=1S/C14H11BrF3NO/c1-20-12-3-2-8(16)6-9(12)14(19)13-10(17)4-7(15)5-11(13)18/h2-6,14H,19H2,1H3. The van der Waals surface area contributed by atoms with Gasteiger partial charge in [-0.25, -0.2) is 13.2 Å². The highest BCUT2D eigenvalue weighted by molar-refractivity contribution is 9.10. The summed E-state index contributed by atoms with van der Waals surface area (Å²) in [7, 11) is 1.37. The van der Waals surface area contributed by atoms with Crippen LogP contribution in [0.5, 0.6) is 5.75 Å². The van der Waals surface area contributed by atoms with E-state index in [1.165, 1.54) is 19.2 Å². The highest BCUT2D eigenvalue weighted by atomic mass is 79.9. The zero-order valence-electron chi connectivity index (χ0n) is 10.5. The predicted molar refractivity (Wildman–Crippen MR) is 73.0 cm³/mol. The van der Waals surface area contributed by atoms with E-state index in [0.717, 1.165) is 18.2 Å². The monoisotopic (exact) mass is 345 g/mol. The first-order valence-corrected chi connectivity index (χ1v) is 6.46. The minimum absolute atomic E-state index is 0.174. The van der Waals surface area contributed by atoms with Crippen LogP contribution in [0.2, 0.25) is 0 Å². The molecule has 1 atom stereocenters. The predicted octanol–water partition coefficient (Wildman–Crippen LogP) is 3.92. The molecule has 0 saturated carbocycles. The highest BCUT2D eigenvalue weighted by Crippen LogP contribution is 2.32. The van der Waals surface area contributed by atoms with Crippen LogP contribution in [0, 0.1) is 17.5 Å². The van der Waals surface area contributed by atoms with Crippen molar-refractivity contribution in [2.45, 2.75) is 6.04 Å². The Kier molecular flexibility index (Phi) is 4.35. The second kappa shape index (κ2) is 5.85. The number of benzene rings is 2. The van der Waals surface area contributed by atoms with Crippen molar-refractivity contribution in [3.8, 4) is 5.75 Å². The van der Waals surface area contributed by atoms with E-state index in [2.05, 4.69) is 15.9 Å². The molecule has 0 spiro atoms. The summed E-state index contributed by atoms with van der Waals surface area (Å²) in [5.41, 5.74) is 5.71. The van der Waals surface area contributed by atoms with Gasteiger partial charge in [0, 0.05) is 15.6 Å². The quantitative estimate of drug-likeness (QED) is 0.914. The number of rotatable bonds is 3. The summed E-state index contributed by atoms with van der Waals surface area (Å²) in [6.45, 7) is 0. The van der Waals surface area contributed by atoms with E-state index >= 15 is 0 Å². The lowest BCUT2D eigenvalue weighted by molar-refractivity contribution is 0.405. The molecule has 2 N–H and O–H groups in total. The summed E-state index contributed by atoms with van der Waals surface area (Å²) < 4.78 is 46.4. The lowest BCUT2D eigenvalue weighted by Gasteiger charge is -2.17. The first-order valence-electron chi connectivity index (χ1n) is 5.67. The van der Waals surface area contributed by atoms with Crippen molar-refractivity contribution in [1.82, 2.24) is 0 Å². The molecule has 0 saturated heterocycles. The highest BCUT2D eigenvalue weighted by Gasteiger charge is 2.22. The van der Waals surface area contributed by atoms with Gasteiger partial charge in [0.05, 0.1) is 13.2 Å². The van der Waals surface area contributed by atoms with Gasteiger partial charge in [0.2, 0.25) is 0 Å². The second-order valence-electron chi connectivity index (χ2n) is 4.15. The van der Waals surface area contributed by atoms with Crippen LogP contribution >= 0.6 is 15.9 Å². The fraction of sp³-hybridized carbons (Fsp3) is 0.143. The number of hydrogen-bond acceptors (Lipinski definition) is 2. The molecular weight excluding hydrogens is 335 g/mol. The van der Waals surface area contributed by atoms with Crippen molar-refractivity contribution in [3.05, 3.63) is 63.4 Å². The number of nitrogens with two attached hydrogens (primary N) is 1. The van der Waals surface area contributed by atoms with E-state index < -0.39 is 23.5 Å². The minimum atomic E-state index is -1.17. The molecule has 0 heterocycles. The third kappa shape index (κ3) is 2.81. The first-order chi connectivity index (χ1) is 9.43. The summed E-state index contributed by atoms with van der Waals surface area (Å²) in [6.07, 6.45) is 0. The van der Waals surface area contributed by atoms with Gasteiger partial charge in [-0.05, 0) is 30.3 Å². The topological polar surface area (TPSA) is 35.2 Å². The van der Waals surface area contributed by atoms with Crippen LogP contribution in [0.25, 0.3) is 0 Å². The Morgan fingerprint density at radius 3 is 2.25 bits per heavy atom. The Balaban J connectivity index is 2.57. The molecule has 20 heavy (non-hydrogen) atoms. The Morgan fingerprint density at radius 1 is 1.10 bits per heavy atom. The largest absolute Gasteiger partial charge is 0.496 e. The molecule has 2 aromatic rings. The lowest BCUT2D eigenvalue weighted by atomic mass is 9.97.